The molecule has 0 atom stereocenters. The molecule has 21 heavy (non-hydrogen) atoms. The predicted molar refractivity (Wildman–Crippen MR) is 81.4 cm³/mol. The molecule has 0 spiro atoms. The van der Waals surface area contributed by atoms with Gasteiger partial charge in [-0.2, -0.15) is 0 Å². The number of hydrogen-bond acceptors (Lipinski definition) is 4. The normalized spacial score (nSPS) is 18.2. The summed E-state index contributed by atoms with van der Waals surface area (Å²) in [6.45, 7) is 4.62. The molecule has 2 heterocycles. The van der Waals surface area contributed by atoms with E-state index < -0.39 is 0 Å². The van der Waals surface area contributed by atoms with Crippen LogP contribution in [0.15, 0.2) is 29.8 Å². The highest BCUT2D eigenvalue weighted by Crippen LogP contribution is 2.34. The second kappa shape index (κ2) is 5.88. The molecule has 1 aromatic rings. The van der Waals surface area contributed by atoms with Crippen LogP contribution in [0.5, 0.6) is 0 Å². The van der Waals surface area contributed by atoms with Gasteiger partial charge in [0.1, 0.15) is 11.5 Å². The van der Waals surface area contributed by atoms with Crippen molar-refractivity contribution < 1.29 is 9.53 Å². The van der Waals surface area contributed by atoms with Crippen LogP contribution in [0.3, 0.4) is 0 Å². The molecule has 2 rings (SSSR count). The van der Waals surface area contributed by atoms with E-state index in [1.807, 2.05) is 32.1 Å². The van der Waals surface area contributed by atoms with E-state index in [1.165, 1.54) is 7.11 Å². The molecular weight excluding hydrogens is 266 g/mol. The Morgan fingerprint density at radius 3 is 2.95 bits per heavy atom. The van der Waals surface area contributed by atoms with E-state index in [0.717, 1.165) is 12.0 Å². The number of likely N-dealkylation sites (tertiary alicyclic amines) is 1. The van der Waals surface area contributed by atoms with Crippen molar-refractivity contribution in [2.45, 2.75) is 25.8 Å². The highest BCUT2D eigenvalue weighted by Gasteiger charge is 2.40. The molecule has 1 saturated heterocycles. The first-order chi connectivity index (χ1) is 9.95. The van der Waals surface area contributed by atoms with E-state index in [1.54, 1.807) is 11.0 Å². The van der Waals surface area contributed by atoms with E-state index in [9.17, 15) is 4.79 Å². The molecule has 1 fully saturated rings. The van der Waals surface area contributed by atoms with Gasteiger partial charge in [-0.15, -0.1) is 0 Å². The lowest BCUT2D eigenvalue weighted by atomic mass is 9.95. The van der Waals surface area contributed by atoms with Crippen LogP contribution in [0.1, 0.15) is 26.0 Å². The molecular formula is C16H19N3O2. The van der Waals surface area contributed by atoms with Crippen LogP contribution in [0.25, 0.3) is 0 Å². The quantitative estimate of drug-likeness (QED) is 0.742. The highest BCUT2D eigenvalue weighted by molar-refractivity contribution is 5.70. The number of pyridine rings is 1. The number of amides is 1. The Kier molecular flexibility index (Phi) is 4.18. The maximum absolute atomic E-state index is 11.7. The van der Waals surface area contributed by atoms with Gasteiger partial charge in [0.2, 0.25) is 0 Å². The van der Waals surface area contributed by atoms with Crippen LogP contribution in [0.4, 0.5) is 10.6 Å². The highest BCUT2D eigenvalue weighted by atomic mass is 16.5. The molecule has 5 heteroatoms. The van der Waals surface area contributed by atoms with Gasteiger partial charge in [-0.1, -0.05) is 12.0 Å². The Morgan fingerprint density at radius 2 is 2.29 bits per heavy atom. The minimum Gasteiger partial charge on any atom is -0.453 e. The number of hydrogen-bond donors (Lipinski definition) is 1. The lowest BCUT2D eigenvalue weighted by Gasteiger charge is -2.31. The number of methoxy groups -OCH3 is 1. The summed E-state index contributed by atoms with van der Waals surface area (Å²) in [5.74, 6) is 6.40. The van der Waals surface area contributed by atoms with Crippen molar-refractivity contribution in [3.8, 4) is 11.8 Å². The topological polar surface area (TPSA) is 68.5 Å². The van der Waals surface area contributed by atoms with E-state index in [4.69, 9.17) is 10.5 Å². The molecule has 0 saturated carbocycles. The van der Waals surface area contributed by atoms with Gasteiger partial charge in [0, 0.05) is 6.54 Å². The molecule has 110 valence electrons. The number of nitrogens with two attached hydrogens (primary N) is 1. The molecule has 1 aliphatic rings. The summed E-state index contributed by atoms with van der Waals surface area (Å²) < 4.78 is 4.80. The van der Waals surface area contributed by atoms with Crippen LogP contribution in [-0.2, 0) is 4.74 Å². The molecule has 0 unspecified atom stereocenters. The summed E-state index contributed by atoms with van der Waals surface area (Å²) in [5.41, 5.74) is 6.96. The van der Waals surface area contributed by atoms with Crippen molar-refractivity contribution in [2.24, 2.45) is 0 Å². The number of anilines is 1. The summed E-state index contributed by atoms with van der Waals surface area (Å²) in [5, 5.41) is 0. The Morgan fingerprint density at radius 1 is 1.52 bits per heavy atom. The molecule has 5 nitrogen and oxygen atoms in total. The van der Waals surface area contributed by atoms with Crippen molar-refractivity contribution in [3.05, 3.63) is 35.5 Å². The average molecular weight is 285 g/mol. The largest absolute Gasteiger partial charge is 0.453 e. The van der Waals surface area contributed by atoms with Crippen LogP contribution < -0.4 is 5.73 Å². The van der Waals surface area contributed by atoms with Crippen LogP contribution in [-0.4, -0.2) is 35.2 Å². The zero-order chi connectivity index (χ0) is 15.5. The maximum atomic E-state index is 11.7. The fourth-order valence-electron chi connectivity index (χ4n) is 2.39. The summed E-state index contributed by atoms with van der Waals surface area (Å²) in [6, 6.07) is 5.35. The summed E-state index contributed by atoms with van der Waals surface area (Å²) in [7, 11) is 1.39. The first-order valence-corrected chi connectivity index (χ1v) is 6.74. The van der Waals surface area contributed by atoms with Crippen LogP contribution in [0, 0.1) is 11.8 Å². The number of ether oxygens (including phenoxy) is 1. The fourth-order valence-corrected chi connectivity index (χ4v) is 2.39. The van der Waals surface area contributed by atoms with E-state index in [-0.39, 0.29) is 11.6 Å². The number of carbonyl (C=O) groups excluding carboxylic acids is 1. The number of allylic oxidation sites excluding steroid dienone is 1. The number of aromatic nitrogens is 1. The monoisotopic (exact) mass is 285 g/mol. The minimum atomic E-state index is -0.384. The summed E-state index contributed by atoms with van der Waals surface area (Å²) in [6.07, 6.45) is 2.34. The lowest BCUT2D eigenvalue weighted by Crippen LogP contribution is -2.43. The van der Waals surface area contributed by atoms with Crippen LogP contribution >= 0.6 is 0 Å². The van der Waals surface area contributed by atoms with E-state index >= 15 is 0 Å². The molecule has 1 aliphatic heterocycles. The van der Waals surface area contributed by atoms with Gasteiger partial charge in [-0.25, -0.2) is 9.78 Å². The van der Waals surface area contributed by atoms with Crippen molar-refractivity contribution in [2.75, 3.05) is 19.4 Å². The third-order valence-corrected chi connectivity index (χ3v) is 3.68. The zero-order valence-corrected chi connectivity index (χ0v) is 12.5. The zero-order valence-electron chi connectivity index (χ0n) is 12.5. The van der Waals surface area contributed by atoms with E-state index in [2.05, 4.69) is 16.8 Å². The third-order valence-electron chi connectivity index (χ3n) is 3.68. The third kappa shape index (κ3) is 3.16. The minimum absolute atomic E-state index is 0.311. The van der Waals surface area contributed by atoms with Gasteiger partial charge in [0.25, 0.3) is 0 Å². The van der Waals surface area contributed by atoms with Crippen molar-refractivity contribution >= 4 is 11.9 Å². The standard InChI is InChI=1S/C16H19N3O2/c1-16(2)12(10-11-19(16)15(20)21-3)6-4-7-13-8-5-9-14(17)18-13/h5-6,8-9H,10-11H2,1-3H3,(H2,17,18)/b12-6+. The Labute approximate surface area is 124 Å². The number of rotatable bonds is 0. The second-order valence-corrected chi connectivity index (χ2v) is 5.32. The molecule has 1 aromatic heterocycles. The van der Waals surface area contributed by atoms with Crippen molar-refractivity contribution in [1.82, 2.24) is 9.88 Å². The smallest absolute Gasteiger partial charge is 0.410 e. The van der Waals surface area contributed by atoms with Gasteiger partial charge >= 0.3 is 6.09 Å². The summed E-state index contributed by atoms with van der Waals surface area (Å²) in [4.78, 5) is 17.6. The lowest BCUT2D eigenvalue weighted by molar-refractivity contribution is 0.105. The molecule has 0 radical (unpaired) electrons. The number of carbonyl (C=O) groups is 1. The van der Waals surface area contributed by atoms with Crippen molar-refractivity contribution in [1.29, 1.82) is 0 Å². The molecule has 0 bridgehead atoms. The Balaban J connectivity index is 2.18. The molecule has 2 N–H and O–H groups in total. The Bertz CT molecular complexity index is 638. The molecule has 0 aliphatic carbocycles. The second-order valence-electron chi connectivity index (χ2n) is 5.32. The number of nitrogen functional groups attached to an aromatic ring is 1. The van der Waals surface area contributed by atoms with Crippen molar-refractivity contribution in [3.63, 3.8) is 0 Å². The molecule has 1 amide bonds. The van der Waals surface area contributed by atoms with Gasteiger partial charge in [0.05, 0.1) is 12.6 Å². The Hall–Kier alpha value is -2.48. The summed E-state index contributed by atoms with van der Waals surface area (Å²) >= 11 is 0. The van der Waals surface area contributed by atoms with Gasteiger partial charge in [-0.05, 0) is 50.0 Å². The van der Waals surface area contributed by atoms with Gasteiger partial charge in [0.15, 0.2) is 0 Å². The van der Waals surface area contributed by atoms with E-state index in [0.29, 0.717) is 18.1 Å². The van der Waals surface area contributed by atoms with Gasteiger partial charge in [-0.3, -0.25) is 4.90 Å². The number of nitrogens with zero attached hydrogens (tertiary/aromatic N) is 2. The average Bonchev–Trinajstić information content (AvgIpc) is 2.73. The SMILES string of the molecule is COC(=O)N1CC/C(=C\C#Cc2cccc(N)n2)C1(C)C. The predicted octanol–water partition coefficient (Wildman–Crippen LogP) is 2.19. The van der Waals surface area contributed by atoms with Gasteiger partial charge < -0.3 is 10.5 Å². The van der Waals surface area contributed by atoms with Crippen LogP contribution in [0.2, 0.25) is 0 Å². The first-order valence-electron chi connectivity index (χ1n) is 6.74. The fraction of sp³-hybridized carbons (Fsp3) is 0.375. The maximum Gasteiger partial charge on any atom is 0.410 e. The molecule has 0 aromatic carbocycles. The first kappa shape index (κ1) is 14.9.